The molecule has 1 aliphatic carbocycles. The van der Waals surface area contributed by atoms with Gasteiger partial charge in [-0.15, -0.1) is 0 Å². The predicted octanol–water partition coefficient (Wildman–Crippen LogP) is 0.260. The van der Waals surface area contributed by atoms with Gasteiger partial charge < -0.3 is 25.2 Å². The fraction of sp³-hybridized carbons (Fsp3) is 0.769. The number of carbonyl (C=O) groups excluding carboxylic acids is 2. The zero-order valence-corrected chi connectivity index (χ0v) is 12.3. The first kappa shape index (κ1) is 17.2. The van der Waals surface area contributed by atoms with E-state index >= 15 is 0 Å². The molecule has 8 heteroatoms. The third-order valence-corrected chi connectivity index (χ3v) is 3.30. The summed E-state index contributed by atoms with van der Waals surface area (Å²) in [5.74, 6) is -1.70. The minimum Gasteiger partial charge on any atom is -0.480 e. The third kappa shape index (κ3) is 5.99. The Kier molecular flexibility index (Phi) is 6.93. The summed E-state index contributed by atoms with van der Waals surface area (Å²) < 4.78 is 9.81. The third-order valence-electron chi connectivity index (χ3n) is 3.30. The molecular weight excluding hydrogens is 280 g/mol. The molecule has 0 saturated heterocycles. The number of carboxylic acid groups (broad SMARTS) is 1. The van der Waals surface area contributed by atoms with E-state index in [0.29, 0.717) is 6.61 Å². The number of methoxy groups -OCH3 is 1. The van der Waals surface area contributed by atoms with Crippen LogP contribution in [0.25, 0.3) is 0 Å². The lowest BCUT2D eigenvalue weighted by Crippen LogP contribution is -2.54. The smallest absolute Gasteiger partial charge is 0.326 e. The zero-order chi connectivity index (χ0) is 15.8. The second-order valence-corrected chi connectivity index (χ2v) is 4.87. The van der Waals surface area contributed by atoms with Crippen molar-refractivity contribution >= 4 is 18.0 Å². The Hall–Kier alpha value is -1.83. The summed E-state index contributed by atoms with van der Waals surface area (Å²) in [7, 11) is 1.23. The maximum Gasteiger partial charge on any atom is 0.326 e. The van der Waals surface area contributed by atoms with Gasteiger partial charge in [0, 0.05) is 19.1 Å². The molecule has 21 heavy (non-hydrogen) atoms. The van der Waals surface area contributed by atoms with Crippen LogP contribution in [0.1, 0.15) is 32.6 Å². The number of nitrogens with one attached hydrogen (secondary N) is 2. The second-order valence-electron chi connectivity index (χ2n) is 4.87. The average molecular weight is 302 g/mol. The predicted molar refractivity (Wildman–Crippen MR) is 72.8 cm³/mol. The number of rotatable bonds is 8. The Morgan fingerprint density at radius 3 is 2.52 bits per heavy atom. The van der Waals surface area contributed by atoms with Gasteiger partial charge in [-0.05, 0) is 26.2 Å². The summed E-state index contributed by atoms with van der Waals surface area (Å²) in [6.07, 6.45) is 1.53. The summed E-state index contributed by atoms with van der Waals surface area (Å²) in [5, 5.41) is 14.0. The molecular formula is C13H22N2O6. The lowest BCUT2D eigenvalue weighted by atomic mass is 9.89. The van der Waals surface area contributed by atoms with Crippen LogP contribution >= 0.6 is 0 Å². The van der Waals surface area contributed by atoms with Crippen LogP contribution < -0.4 is 10.6 Å². The molecule has 1 fully saturated rings. The zero-order valence-electron chi connectivity index (χ0n) is 12.3. The van der Waals surface area contributed by atoms with Crippen LogP contribution in [-0.4, -0.2) is 55.0 Å². The SMILES string of the molecule is CCOC1CC(NC(=O)N[C@H](CCC(=O)OC)C(=O)O)C1. The van der Waals surface area contributed by atoms with E-state index in [1.807, 2.05) is 6.92 Å². The Morgan fingerprint density at radius 1 is 1.33 bits per heavy atom. The highest BCUT2D eigenvalue weighted by Gasteiger charge is 2.31. The minimum atomic E-state index is -1.19. The van der Waals surface area contributed by atoms with Gasteiger partial charge in [-0.25, -0.2) is 9.59 Å². The largest absolute Gasteiger partial charge is 0.480 e. The first-order valence-corrected chi connectivity index (χ1v) is 6.94. The van der Waals surface area contributed by atoms with Crippen molar-refractivity contribution in [3.8, 4) is 0 Å². The molecule has 0 aromatic carbocycles. The molecule has 0 spiro atoms. The van der Waals surface area contributed by atoms with Gasteiger partial charge in [0.15, 0.2) is 0 Å². The van der Waals surface area contributed by atoms with E-state index < -0.39 is 24.0 Å². The molecule has 0 aliphatic heterocycles. The number of esters is 1. The Morgan fingerprint density at radius 2 is 2.00 bits per heavy atom. The van der Waals surface area contributed by atoms with E-state index in [9.17, 15) is 14.4 Å². The van der Waals surface area contributed by atoms with Crippen molar-refractivity contribution in [2.24, 2.45) is 0 Å². The molecule has 120 valence electrons. The molecule has 0 bridgehead atoms. The van der Waals surface area contributed by atoms with E-state index in [1.165, 1.54) is 7.11 Å². The van der Waals surface area contributed by atoms with Crippen LogP contribution in [0.5, 0.6) is 0 Å². The molecule has 2 amide bonds. The maximum absolute atomic E-state index is 11.7. The van der Waals surface area contributed by atoms with E-state index in [-0.39, 0.29) is 25.0 Å². The van der Waals surface area contributed by atoms with Crippen molar-refractivity contribution in [3.05, 3.63) is 0 Å². The highest BCUT2D eigenvalue weighted by molar-refractivity contribution is 5.83. The van der Waals surface area contributed by atoms with Crippen molar-refractivity contribution in [2.75, 3.05) is 13.7 Å². The molecule has 0 radical (unpaired) electrons. The molecule has 0 aromatic heterocycles. The summed E-state index contributed by atoms with van der Waals surface area (Å²) in [4.78, 5) is 33.7. The summed E-state index contributed by atoms with van der Waals surface area (Å²) in [6.45, 7) is 2.55. The topological polar surface area (TPSA) is 114 Å². The van der Waals surface area contributed by atoms with Crippen LogP contribution in [0.2, 0.25) is 0 Å². The average Bonchev–Trinajstić information content (AvgIpc) is 2.40. The molecule has 1 atom stereocenters. The lowest BCUT2D eigenvalue weighted by Gasteiger charge is -2.35. The Balaban J connectivity index is 2.29. The summed E-state index contributed by atoms with van der Waals surface area (Å²) >= 11 is 0. The number of hydrogen-bond donors (Lipinski definition) is 3. The monoisotopic (exact) mass is 302 g/mol. The normalized spacial score (nSPS) is 21.8. The van der Waals surface area contributed by atoms with Gasteiger partial charge in [0.25, 0.3) is 0 Å². The van der Waals surface area contributed by atoms with E-state index in [4.69, 9.17) is 9.84 Å². The molecule has 3 N–H and O–H groups in total. The molecule has 0 unspecified atom stereocenters. The first-order valence-electron chi connectivity index (χ1n) is 6.94. The van der Waals surface area contributed by atoms with Crippen molar-refractivity contribution < 1.29 is 29.0 Å². The number of hydrogen-bond acceptors (Lipinski definition) is 5. The standard InChI is InChI=1S/C13H22N2O6/c1-3-21-9-6-8(7-9)14-13(19)15-10(12(17)18)4-5-11(16)20-2/h8-10H,3-7H2,1-2H3,(H,17,18)(H2,14,15,19)/t8?,9?,10-/m1/s1. The van der Waals surface area contributed by atoms with E-state index in [0.717, 1.165) is 12.8 Å². The van der Waals surface area contributed by atoms with Crippen LogP contribution in [0.15, 0.2) is 0 Å². The van der Waals surface area contributed by atoms with Crippen LogP contribution in [0, 0.1) is 0 Å². The van der Waals surface area contributed by atoms with Crippen LogP contribution in [0.4, 0.5) is 4.79 Å². The van der Waals surface area contributed by atoms with E-state index in [2.05, 4.69) is 15.4 Å². The minimum absolute atomic E-state index is 0.00315. The number of ether oxygens (including phenoxy) is 2. The summed E-state index contributed by atoms with van der Waals surface area (Å²) in [5.41, 5.74) is 0. The van der Waals surface area contributed by atoms with Crippen LogP contribution in [-0.2, 0) is 19.1 Å². The van der Waals surface area contributed by atoms with Gasteiger partial charge in [0.2, 0.25) is 0 Å². The van der Waals surface area contributed by atoms with Gasteiger partial charge in [0.1, 0.15) is 6.04 Å². The summed E-state index contributed by atoms with van der Waals surface area (Å²) in [6, 6.07) is -1.67. The van der Waals surface area contributed by atoms with Gasteiger partial charge in [-0.1, -0.05) is 0 Å². The fourth-order valence-corrected chi connectivity index (χ4v) is 2.06. The first-order chi connectivity index (χ1) is 9.96. The molecule has 8 nitrogen and oxygen atoms in total. The van der Waals surface area contributed by atoms with E-state index in [1.54, 1.807) is 0 Å². The molecule has 1 aliphatic rings. The van der Waals surface area contributed by atoms with Gasteiger partial charge in [0.05, 0.1) is 13.2 Å². The second kappa shape index (κ2) is 8.46. The Labute approximate surface area is 123 Å². The highest BCUT2D eigenvalue weighted by atomic mass is 16.5. The van der Waals surface area contributed by atoms with Crippen molar-refractivity contribution in [3.63, 3.8) is 0 Å². The number of carbonyl (C=O) groups is 3. The molecule has 1 saturated carbocycles. The quantitative estimate of drug-likeness (QED) is 0.554. The van der Waals surface area contributed by atoms with Gasteiger partial charge in [-0.3, -0.25) is 4.79 Å². The number of carboxylic acids is 1. The van der Waals surface area contributed by atoms with Crippen LogP contribution in [0.3, 0.4) is 0 Å². The van der Waals surface area contributed by atoms with Crippen molar-refractivity contribution in [1.29, 1.82) is 0 Å². The Bertz CT molecular complexity index is 381. The fourth-order valence-electron chi connectivity index (χ4n) is 2.06. The molecule has 0 heterocycles. The molecule has 1 rings (SSSR count). The number of aliphatic carboxylic acids is 1. The highest BCUT2D eigenvalue weighted by Crippen LogP contribution is 2.22. The maximum atomic E-state index is 11.7. The van der Waals surface area contributed by atoms with Gasteiger partial charge in [-0.2, -0.15) is 0 Å². The van der Waals surface area contributed by atoms with Gasteiger partial charge >= 0.3 is 18.0 Å². The van der Waals surface area contributed by atoms with Crippen molar-refractivity contribution in [2.45, 2.75) is 50.8 Å². The number of urea groups is 1. The number of amides is 2. The lowest BCUT2D eigenvalue weighted by molar-refractivity contribution is -0.142. The molecule has 0 aromatic rings. The van der Waals surface area contributed by atoms with Crippen molar-refractivity contribution in [1.82, 2.24) is 10.6 Å².